The van der Waals surface area contributed by atoms with Gasteiger partial charge in [0.15, 0.2) is 62.0 Å². The van der Waals surface area contributed by atoms with Crippen molar-refractivity contribution in [2.75, 3.05) is 46.2 Å². The molecule has 12 fully saturated rings. The van der Waals surface area contributed by atoms with Gasteiger partial charge in [0.2, 0.25) is 12.2 Å². The number of esters is 2. The van der Waals surface area contributed by atoms with E-state index in [1.54, 1.807) is 40.7 Å². The van der Waals surface area contributed by atoms with Crippen LogP contribution in [0.5, 0.6) is 0 Å². The van der Waals surface area contributed by atoms with E-state index in [1.165, 1.54) is 45.1 Å². The van der Waals surface area contributed by atoms with Crippen molar-refractivity contribution >= 4 is 23.6 Å². The van der Waals surface area contributed by atoms with Gasteiger partial charge in [0.25, 0.3) is 0 Å². The maximum absolute atomic E-state index is 16.9. The molecule has 13 aliphatic rings. The highest BCUT2D eigenvalue weighted by molar-refractivity contribution is 5.96. The molecule has 0 aromatic carbocycles. The molecular formula is C99H155NO46. The Morgan fingerprint density at radius 3 is 1.63 bits per heavy atom. The SMILES string of the molecule is C=CC(C)(O)CC/C=C(\CO)C(=C)O[C@@H]1C(C)O[C@@H](O[C@](C)(C=C)CC/C=C(\CO)C(=O)O[C@H]2C[C@@]3(C(=O)O[C@@H]4OC(CO)[C@@H](O)[C@H](O)C4O[C@@H]4OC(C)[C@H](O[C@@H]5O[C@@H](CO)[C@@H](O)[C@@H]5O)C(O[C@@H]5OC(CO)[C@@H](O)[C@H](O)C5O)[C@@H]4O)C(CC2(C)C)C2=CC(=O)C4[C@@]5(C)CC[C@H](O[C@@H]6OC(CO[C@@H]7OC(C)[C@H](O)[C@H](O)C7O[C@@H]7OC[C@@H](O)[C@H](O)C7O)[C@@H](O)[C@H](O)C6NC(C)=O)C(C)(C)C5CC[C@@]4(C)[C@]2(C)C[C@H]3O)C(O)[C@H]1O. The van der Waals surface area contributed by atoms with Crippen LogP contribution in [0.4, 0.5) is 0 Å². The van der Waals surface area contributed by atoms with E-state index in [0.717, 1.165) is 0 Å². The quantitative estimate of drug-likeness (QED) is 0.00694. The van der Waals surface area contributed by atoms with Gasteiger partial charge in [0.1, 0.15) is 170 Å². The van der Waals surface area contributed by atoms with Gasteiger partial charge in [-0.1, -0.05) is 84.9 Å². The van der Waals surface area contributed by atoms with Crippen molar-refractivity contribution in [1.82, 2.24) is 5.32 Å². The van der Waals surface area contributed by atoms with E-state index in [-0.39, 0.29) is 80.5 Å². The van der Waals surface area contributed by atoms with E-state index in [0.29, 0.717) is 12.0 Å². The fourth-order valence-corrected chi connectivity index (χ4v) is 24.6. The lowest BCUT2D eigenvalue weighted by molar-refractivity contribution is -0.390. The fraction of sp³-hybridized carbons (Fsp3) is 0.838. The maximum atomic E-state index is 16.9. The summed E-state index contributed by atoms with van der Waals surface area (Å²) in [7, 11) is 0. The number of amides is 1. The molecule has 4 saturated carbocycles. The minimum absolute atomic E-state index is 0.0415. The van der Waals surface area contributed by atoms with Gasteiger partial charge in [-0.25, -0.2) is 4.79 Å². The molecule has 0 spiro atoms. The molecule has 8 aliphatic heterocycles. The zero-order valence-electron chi connectivity index (χ0n) is 84.4. The Kier molecular flexibility index (Phi) is 37.5. The number of ether oxygens (including phenoxy) is 18. The van der Waals surface area contributed by atoms with Crippen LogP contribution in [-0.4, -0.2) is 455 Å². The molecular weight excluding hydrogens is 1940 g/mol. The predicted octanol–water partition coefficient (Wildman–Crippen LogP) is -5.75. The van der Waals surface area contributed by atoms with E-state index in [9.17, 15) is 127 Å². The molecule has 832 valence electrons. The number of rotatable bonds is 36. The highest BCUT2D eigenvalue weighted by atomic mass is 16.8. The summed E-state index contributed by atoms with van der Waals surface area (Å²) in [4.78, 5) is 61.6. The average Bonchev–Trinajstić information content (AvgIpc) is 0.789. The zero-order chi connectivity index (χ0) is 108. The number of hydrogen-bond acceptors (Lipinski definition) is 46. The Balaban J connectivity index is 0.796. The fourth-order valence-electron chi connectivity index (χ4n) is 24.6. The Labute approximate surface area is 845 Å². The summed E-state index contributed by atoms with van der Waals surface area (Å²) in [5.74, 6) is -6.17. The molecule has 47 nitrogen and oxygen atoms in total. The smallest absolute Gasteiger partial charge is 0.336 e. The number of carbonyl (C=O) groups excluding carboxylic acids is 4. The van der Waals surface area contributed by atoms with Gasteiger partial charge in [-0.05, 0) is 132 Å². The molecule has 0 bridgehead atoms. The molecule has 1 amide bonds. The summed E-state index contributed by atoms with van der Waals surface area (Å²) in [5, 5.41) is 272. The third kappa shape index (κ3) is 22.8. The summed E-state index contributed by atoms with van der Waals surface area (Å²) in [6, 6.07) is -1.44. The van der Waals surface area contributed by atoms with Crippen LogP contribution in [-0.2, 0) is 104 Å². The second kappa shape index (κ2) is 46.4. The van der Waals surface area contributed by atoms with Crippen LogP contribution in [0.1, 0.15) is 161 Å². The largest absolute Gasteiger partial charge is 0.485 e. The molecule has 13 rings (SSSR count). The van der Waals surface area contributed by atoms with E-state index >= 15 is 14.4 Å². The minimum atomic E-state index is -2.41. The molecule has 25 N–H and O–H groups in total. The Hall–Kier alpha value is -5.24. The van der Waals surface area contributed by atoms with E-state index in [4.69, 9.17) is 85.3 Å². The van der Waals surface area contributed by atoms with Gasteiger partial charge in [-0.15, -0.1) is 13.2 Å². The van der Waals surface area contributed by atoms with Gasteiger partial charge in [0, 0.05) is 36.2 Å². The second-order valence-electron chi connectivity index (χ2n) is 44.3. The first-order chi connectivity index (χ1) is 68.4. The molecule has 146 heavy (non-hydrogen) atoms. The number of aliphatic hydroxyl groups is 24. The van der Waals surface area contributed by atoms with Crippen molar-refractivity contribution < 1.29 is 227 Å². The van der Waals surface area contributed by atoms with Gasteiger partial charge in [-0.3, -0.25) is 14.4 Å². The third-order valence-corrected chi connectivity index (χ3v) is 33.8. The lowest BCUT2D eigenvalue weighted by atomic mass is 9.33. The monoisotopic (exact) mass is 2090 g/mol. The Bertz CT molecular complexity index is 4580. The van der Waals surface area contributed by atoms with E-state index in [1.807, 2.05) is 34.6 Å². The minimum Gasteiger partial charge on any atom is -0.485 e. The van der Waals surface area contributed by atoms with Gasteiger partial charge in [0.05, 0.1) is 93.5 Å². The van der Waals surface area contributed by atoms with Gasteiger partial charge >= 0.3 is 11.9 Å². The number of carbonyl (C=O) groups is 4. The van der Waals surface area contributed by atoms with Crippen molar-refractivity contribution in [3.8, 4) is 0 Å². The Morgan fingerprint density at radius 1 is 0.500 bits per heavy atom. The molecule has 0 aromatic heterocycles. The molecule has 8 saturated heterocycles. The highest BCUT2D eigenvalue weighted by Gasteiger charge is 2.76. The van der Waals surface area contributed by atoms with Crippen molar-refractivity contribution in [2.45, 2.75) is 424 Å². The molecule has 0 radical (unpaired) electrons. The number of fused-ring (bicyclic) bond motifs is 7. The van der Waals surface area contributed by atoms with Crippen LogP contribution in [0.15, 0.2) is 72.6 Å². The number of allylic oxidation sites excluding steroid dienone is 4. The van der Waals surface area contributed by atoms with Gasteiger partial charge < -0.3 is 213 Å². The number of hydrogen-bond donors (Lipinski definition) is 25. The summed E-state index contributed by atoms with van der Waals surface area (Å²) in [6.45, 7) is 27.8. The Morgan fingerprint density at radius 2 is 1.01 bits per heavy atom. The number of nitrogens with one attached hydrogen (secondary N) is 1. The molecule has 50 atom stereocenters. The normalized spacial score (nSPS) is 47.5. The van der Waals surface area contributed by atoms with E-state index in [2.05, 4.69) is 25.1 Å². The predicted molar refractivity (Wildman–Crippen MR) is 494 cm³/mol. The number of ketones is 1. The lowest BCUT2D eigenvalue weighted by Crippen LogP contribution is -2.71. The summed E-state index contributed by atoms with van der Waals surface area (Å²) >= 11 is 0. The van der Waals surface area contributed by atoms with Crippen molar-refractivity contribution in [2.24, 2.45) is 50.2 Å². The van der Waals surface area contributed by atoms with Crippen LogP contribution in [0.3, 0.4) is 0 Å². The average molecular weight is 2100 g/mol. The highest BCUT2D eigenvalue weighted by Crippen LogP contribution is 2.76. The molecule has 47 heteroatoms. The van der Waals surface area contributed by atoms with Crippen LogP contribution in [0, 0.1) is 50.2 Å². The standard InChI is InChI=1S/C99H155NO46/c1-17-94(12,128)25-19-21-45(33-101)40(3)131-76-42(5)134-88(74(124)70(76)120)146-95(13,18-2)26-20-22-46(34-102)82(126)139-58-32-99(91(127)145-90-80(69(119)63(113)52(36-104)137-90)144-87-75(125)78(142-86-73(123)67(117)62(112)51(35-103)135-86)77(43(6)133-87)141-85-72(122)64(114)53(37-105)136-85)48(30-92(58,8)9)47-29-49(107)81-96(14)27-24-57(93(10,11)55(96)23-28-97(81,15)98(47,16)31-56(99)109)140-83-59(100-44(7)106)66(116)65(115)54(138-83)39-130-89-79(68(118)60(110)41(4)132-89)143-84-71(121)61(111)50(108)38-129-84/h17-18,21-22,29,41-43,48,50-81,83-90,101-105,108-125,128H,1-3,19-20,23-28,30-39H2,4-16H3,(H,100,106)/b45-21+,46-22+/t41?,42?,43?,48?,50-,51?,52?,53+,54?,55?,56-,57+,58+,59?,60+,61+,62-,63-,64-,65-,66-,67+,68+,69+,70-,71?,72+,73?,74?,75+,76-,77+,78?,79?,80?,81?,83+,84+,85+,86+,87+,88+,89-,90+,94?,95-,96+,97-,98-,99-/m1/s1. The summed E-state index contributed by atoms with van der Waals surface area (Å²) < 4.78 is 111. The number of aliphatic hydroxyl groups excluding tert-OH is 23. The van der Waals surface area contributed by atoms with Crippen molar-refractivity contribution in [3.05, 3.63) is 72.6 Å². The molecule has 8 heterocycles. The first-order valence-electron chi connectivity index (χ1n) is 50.1. The van der Waals surface area contributed by atoms with Crippen LogP contribution in [0.2, 0.25) is 0 Å². The zero-order valence-corrected chi connectivity index (χ0v) is 84.4. The summed E-state index contributed by atoms with van der Waals surface area (Å²) in [6.07, 6.45) is -62.6. The van der Waals surface area contributed by atoms with E-state index < -0.39 is 384 Å². The molecule has 0 aromatic rings. The molecule has 17 unspecified atom stereocenters. The third-order valence-electron chi connectivity index (χ3n) is 33.8. The molecule has 5 aliphatic carbocycles. The van der Waals surface area contributed by atoms with Crippen molar-refractivity contribution in [3.63, 3.8) is 0 Å². The van der Waals surface area contributed by atoms with Crippen LogP contribution < -0.4 is 5.32 Å². The second-order valence-corrected chi connectivity index (χ2v) is 44.3. The first kappa shape index (κ1) is 118. The maximum Gasteiger partial charge on any atom is 0.336 e. The lowest BCUT2D eigenvalue weighted by Gasteiger charge is -2.71. The topological polar surface area (TPSA) is 732 Å². The summed E-state index contributed by atoms with van der Waals surface area (Å²) in [5.41, 5.74) is -10.4. The van der Waals surface area contributed by atoms with Crippen LogP contribution >= 0.6 is 0 Å². The van der Waals surface area contributed by atoms with Crippen LogP contribution in [0.25, 0.3) is 0 Å². The van der Waals surface area contributed by atoms with Gasteiger partial charge in [-0.2, -0.15) is 0 Å². The first-order valence-corrected chi connectivity index (χ1v) is 50.1. The van der Waals surface area contributed by atoms with Crippen molar-refractivity contribution in [1.29, 1.82) is 0 Å².